The van der Waals surface area contributed by atoms with E-state index in [1.165, 1.54) is 0 Å². The number of benzene rings is 1. The Hall–Kier alpha value is -0.480. The summed E-state index contributed by atoms with van der Waals surface area (Å²) in [7, 11) is 0. The van der Waals surface area contributed by atoms with Crippen LogP contribution in [-0.4, -0.2) is 18.5 Å². The molecule has 0 unspecified atom stereocenters. The van der Waals surface area contributed by atoms with Gasteiger partial charge in [0.25, 0.3) is 0 Å². The maximum atomic E-state index is 11.8. The number of carbonyl (C=O) groups excluding carboxylic acids is 1. The van der Waals surface area contributed by atoms with Crippen molar-refractivity contribution >= 4 is 47.2 Å². The van der Waals surface area contributed by atoms with Crippen LogP contribution in [0.4, 0.5) is 5.69 Å². The van der Waals surface area contributed by atoms with Gasteiger partial charge in [0.2, 0.25) is 5.91 Å². The molecule has 1 heterocycles. The van der Waals surface area contributed by atoms with Crippen LogP contribution in [0.2, 0.25) is 10.0 Å². The Balaban J connectivity index is 0.00000144. The van der Waals surface area contributed by atoms with Crippen LogP contribution in [0, 0.1) is 0 Å². The average Bonchev–Trinajstić information content (AvgIpc) is 2.77. The molecule has 1 fully saturated rings. The van der Waals surface area contributed by atoms with Gasteiger partial charge in [0.05, 0.1) is 16.1 Å². The van der Waals surface area contributed by atoms with Crippen LogP contribution in [0.5, 0.6) is 0 Å². The molecule has 94 valence electrons. The van der Waals surface area contributed by atoms with Crippen LogP contribution in [0.1, 0.15) is 12.8 Å². The zero-order valence-electron chi connectivity index (χ0n) is 9.00. The fraction of sp³-hybridized carbons (Fsp3) is 0.364. The van der Waals surface area contributed by atoms with Crippen molar-refractivity contribution in [2.24, 2.45) is 0 Å². The minimum atomic E-state index is -0.0885. The Bertz CT molecular complexity index is 406. The summed E-state index contributed by atoms with van der Waals surface area (Å²) in [5, 5.41) is 6.87. The number of amides is 1. The Morgan fingerprint density at radius 2 is 2.12 bits per heavy atom. The van der Waals surface area contributed by atoms with E-state index in [0.29, 0.717) is 15.7 Å². The van der Waals surface area contributed by atoms with Crippen LogP contribution in [0.25, 0.3) is 0 Å². The molecule has 0 aliphatic carbocycles. The van der Waals surface area contributed by atoms with E-state index in [1.807, 2.05) is 0 Å². The zero-order valence-corrected chi connectivity index (χ0v) is 11.3. The Morgan fingerprint density at radius 1 is 1.35 bits per heavy atom. The lowest BCUT2D eigenvalue weighted by Crippen LogP contribution is -2.35. The molecule has 3 nitrogen and oxygen atoms in total. The number of carbonyl (C=O) groups is 1. The first kappa shape index (κ1) is 14.6. The van der Waals surface area contributed by atoms with Crippen molar-refractivity contribution in [3.05, 3.63) is 28.2 Å². The van der Waals surface area contributed by atoms with Crippen LogP contribution < -0.4 is 10.6 Å². The quantitative estimate of drug-likeness (QED) is 0.880. The molecule has 1 aliphatic rings. The maximum absolute atomic E-state index is 11.8. The second-order valence-corrected chi connectivity index (χ2v) is 4.58. The normalized spacial score (nSPS) is 18.6. The van der Waals surface area contributed by atoms with E-state index in [9.17, 15) is 4.79 Å². The summed E-state index contributed by atoms with van der Waals surface area (Å²) in [5.74, 6) is -0.0177. The Morgan fingerprint density at radius 3 is 2.71 bits per heavy atom. The molecule has 0 saturated carbocycles. The molecule has 1 aromatic rings. The predicted octanol–water partition coefficient (Wildman–Crippen LogP) is 3.11. The second kappa shape index (κ2) is 6.45. The van der Waals surface area contributed by atoms with Gasteiger partial charge in [0.15, 0.2) is 0 Å². The summed E-state index contributed by atoms with van der Waals surface area (Å²) in [6.07, 6.45) is 1.92. The van der Waals surface area contributed by atoms with Gasteiger partial charge in [-0.2, -0.15) is 0 Å². The highest BCUT2D eigenvalue weighted by molar-refractivity contribution is 6.42. The minimum absolute atomic E-state index is 0. The lowest BCUT2D eigenvalue weighted by Gasteiger charge is -2.11. The SMILES string of the molecule is Cl.O=C(Nc1ccc(Cl)c(Cl)c1)[C@@H]1CCCN1. The van der Waals surface area contributed by atoms with Gasteiger partial charge in [-0.25, -0.2) is 0 Å². The highest BCUT2D eigenvalue weighted by Crippen LogP contribution is 2.25. The van der Waals surface area contributed by atoms with E-state index < -0.39 is 0 Å². The highest BCUT2D eigenvalue weighted by Gasteiger charge is 2.21. The second-order valence-electron chi connectivity index (χ2n) is 3.77. The molecule has 1 atom stereocenters. The first-order valence-corrected chi connectivity index (χ1v) is 5.92. The van der Waals surface area contributed by atoms with Crippen molar-refractivity contribution in [2.75, 3.05) is 11.9 Å². The number of hydrogen-bond donors (Lipinski definition) is 2. The highest BCUT2D eigenvalue weighted by atomic mass is 35.5. The lowest BCUT2D eigenvalue weighted by atomic mass is 10.2. The Kier molecular flexibility index (Phi) is 5.53. The smallest absolute Gasteiger partial charge is 0.241 e. The van der Waals surface area contributed by atoms with Crippen LogP contribution in [0.3, 0.4) is 0 Å². The molecule has 1 saturated heterocycles. The molecule has 0 bridgehead atoms. The molecular weight excluding hydrogens is 282 g/mol. The molecule has 1 aliphatic heterocycles. The van der Waals surface area contributed by atoms with Crippen LogP contribution in [-0.2, 0) is 4.79 Å². The van der Waals surface area contributed by atoms with E-state index >= 15 is 0 Å². The predicted molar refractivity (Wildman–Crippen MR) is 73.4 cm³/mol. The summed E-state index contributed by atoms with van der Waals surface area (Å²) >= 11 is 11.6. The third-order valence-corrected chi connectivity index (χ3v) is 3.30. The lowest BCUT2D eigenvalue weighted by molar-refractivity contribution is -0.117. The molecule has 0 spiro atoms. The monoisotopic (exact) mass is 294 g/mol. The molecule has 2 N–H and O–H groups in total. The average molecular weight is 296 g/mol. The summed E-state index contributed by atoms with van der Waals surface area (Å²) in [6, 6.07) is 4.97. The van der Waals surface area contributed by atoms with Crippen molar-refractivity contribution in [1.82, 2.24) is 5.32 Å². The van der Waals surface area contributed by atoms with E-state index in [2.05, 4.69) is 10.6 Å². The standard InChI is InChI=1S/C11H12Cl2N2O.ClH/c12-8-4-3-7(6-9(8)13)15-11(16)10-2-1-5-14-10;/h3-4,6,10,14H,1-2,5H2,(H,15,16);1H/t10-;/m0./s1. The molecule has 2 rings (SSSR count). The van der Waals surface area contributed by atoms with Crippen molar-refractivity contribution in [2.45, 2.75) is 18.9 Å². The van der Waals surface area contributed by atoms with E-state index in [0.717, 1.165) is 19.4 Å². The fourth-order valence-electron chi connectivity index (χ4n) is 1.71. The van der Waals surface area contributed by atoms with E-state index in [4.69, 9.17) is 23.2 Å². The van der Waals surface area contributed by atoms with Gasteiger partial charge in [0, 0.05) is 5.69 Å². The summed E-state index contributed by atoms with van der Waals surface area (Å²) in [4.78, 5) is 11.8. The first-order valence-electron chi connectivity index (χ1n) is 5.16. The molecule has 0 aromatic heterocycles. The minimum Gasteiger partial charge on any atom is -0.325 e. The zero-order chi connectivity index (χ0) is 11.5. The summed E-state index contributed by atoms with van der Waals surface area (Å²) < 4.78 is 0. The van der Waals surface area contributed by atoms with Gasteiger partial charge >= 0.3 is 0 Å². The van der Waals surface area contributed by atoms with Gasteiger partial charge in [-0.3, -0.25) is 4.79 Å². The third kappa shape index (κ3) is 3.75. The Labute approximate surface area is 116 Å². The van der Waals surface area contributed by atoms with Gasteiger partial charge in [-0.05, 0) is 37.6 Å². The number of rotatable bonds is 2. The van der Waals surface area contributed by atoms with Gasteiger partial charge < -0.3 is 10.6 Å². The first-order chi connectivity index (χ1) is 7.66. The summed E-state index contributed by atoms with van der Waals surface area (Å²) in [5.41, 5.74) is 0.674. The molecule has 6 heteroatoms. The van der Waals surface area contributed by atoms with Crippen LogP contribution in [0.15, 0.2) is 18.2 Å². The van der Waals surface area contributed by atoms with Crippen molar-refractivity contribution in [3.8, 4) is 0 Å². The van der Waals surface area contributed by atoms with E-state index in [-0.39, 0.29) is 24.4 Å². The van der Waals surface area contributed by atoms with Crippen molar-refractivity contribution < 1.29 is 4.79 Å². The molecule has 1 amide bonds. The number of halogens is 3. The molecule has 1 aromatic carbocycles. The molecular formula is C11H13Cl3N2O. The van der Waals surface area contributed by atoms with Gasteiger partial charge in [-0.15, -0.1) is 12.4 Å². The molecule has 0 radical (unpaired) electrons. The molecule has 17 heavy (non-hydrogen) atoms. The van der Waals surface area contributed by atoms with Gasteiger partial charge in [-0.1, -0.05) is 23.2 Å². The van der Waals surface area contributed by atoms with Crippen molar-refractivity contribution in [3.63, 3.8) is 0 Å². The van der Waals surface area contributed by atoms with E-state index in [1.54, 1.807) is 18.2 Å². The number of hydrogen-bond acceptors (Lipinski definition) is 2. The topological polar surface area (TPSA) is 41.1 Å². The fourth-order valence-corrected chi connectivity index (χ4v) is 2.01. The van der Waals surface area contributed by atoms with Crippen molar-refractivity contribution in [1.29, 1.82) is 0 Å². The maximum Gasteiger partial charge on any atom is 0.241 e. The largest absolute Gasteiger partial charge is 0.325 e. The summed E-state index contributed by atoms with van der Waals surface area (Å²) in [6.45, 7) is 0.902. The van der Waals surface area contributed by atoms with Gasteiger partial charge in [0.1, 0.15) is 0 Å². The number of anilines is 1. The van der Waals surface area contributed by atoms with Crippen LogP contribution >= 0.6 is 35.6 Å². The number of nitrogens with one attached hydrogen (secondary N) is 2. The third-order valence-electron chi connectivity index (χ3n) is 2.56.